The van der Waals surface area contributed by atoms with E-state index < -0.39 is 0 Å². The topological polar surface area (TPSA) is 101 Å². The zero-order valence-electron chi connectivity index (χ0n) is 13.8. The Morgan fingerprint density at radius 3 is 2.96 bits per heavy atom. The monoisotopic (exact) mass is 349 g/mol. The van der Waals surface area contributed by atoms with Crippen molar-refractivity contribution in [1.82, 2.24) is 15.1 Å². The molecule has 26 heavy (non-hydrogen) atoms. The molecule has 8 heteroatoms. The molecule has 0 unspecified atom stereocenters. The molecule has 0 fully saturated rings. The number of fused-ring (bicyclic) bond motifs is 1. The molecule has 2 amide bonds. The fourth-order valence-corrected chi connectivity index (χ4v) is 2.77. The summed E-state index contributed by atoms with van der Waals surface area (Å²) >= 11 is 0. The third-order valence-electron chi connectivity index (χ3n) is 4.01. The number of nitrogens with zero attached hydrogens (tertiary/aromatic N) is 4. The summed E-state index contributed by atoms with van der Waals surface area (Å²) in [5, 5.41) is 6.67. The first-order valence-corrected chi connectivity index (χ1v) is 8.13. The lowest BCUT2D eigenvalue weighted by Gasteiger charge is -2.29. The molecule has 3 heterocycles. The third-order valence-corrected chi connectivity index (χ3v) is 4.01. The van der Waals surface area contributed by atoms with Crippen LogP contribution in [0.4, 0.5) is 11.4 Å². The maximum atomic E-state index is 12.6. The van der Waals surface area contributed by atoms with Crippen LogP contribution in [0.5, 0.6) is 0 Å². The van der Waals surface area contributed by atoms with Gasteiger partial charge in [-0.15, -0.1) is 0 Å². The summed E-state index contributed by atoms with van der Waals surface area (Å²) in [5.74, 6) is 0.414. The molecule has 1 aliphatic rings. The molecule has 8 nitrogen and oxygen atoms in total. The fourth-order valence-electron chi connectivity index (χ4n) is 2.77. The predicted molar refractivity (Wildman–Crippen MR) is 93.3 cm³/mol. The van der Waals surface area contributed by atoms with Crippen LogP contribution in [0.3, 0.4) is 0 Å². The van der Waals surface area contributed by atoms with Crippen molar-refractivity contribution in [2.75, 3.05) is 16.8 Å². The molecule has 2 aromatic heterocycles. The van der Waals surface area contributed by atoms with Gasteiger partial charge in [-0.3, -0.25) is 14.6 Å². The molecular formula is C18H15N5O3. The zero-order valence-corrected chi connectivity index (χ0v) is 13.8. The van der Waals surface area contributed by atoms with Crippen molar-refractivity contribution in [3.8, 4) is 11.4 Å². The molecule has 1 N–H and O–H groups in total. The first kappa shape index (κ1) is 15.9. The number of carbonyl (C=O) groups excluding carboxylic acids is 2. The number of anilines is 2. The molecule has 1 aliphatic heterocycles. The van der Waals surface area contributed by atoms with E-state index in [1.165, 1.54) is 4.90 Å². The minimum Gasteiger partial charge on any atom is -0.339 e. The van der Waals surface area contributed by atoms with Crippen molar-refractivity contribution in [3.05, 3.63) is 54.7 Å². The summed E-state index contributed by atoms with van der Waals surface area (Å²) in [6.07, 6.45) is 3.77. The fraction of sp³-hybridized carbons (Fsp3) is 0.167. The van der Waals surface area contributed by atoms with Gasteiger partial charge in [-0.25, -0.2) is 0 Å². The van der Waals surface area contributed by atoms with Gasteiger partial charge in [0, 0.05) is 30.8 Å². The van der Waals surface area contributed by atoms with Gasteiger partial charge < -0.3 is 14.7 Å². The van der Waals surface area contributed by atoms with Gasteiger partial charge in [0.2, 0.25) is 23.5 Å². The highest BCUT2D eigenvalue weighted by atomic mass is 16.5. The van der Waals surface area contributed by atoms with Crippen molar-refractivity contribution in [1.29, 1.82) is 0 Å². The molecule has 0 spiro atoms. The average molecular weight is 349 g/mol. The number of carbonyl (C=O) groups is 2. The lowest BCUT2D eigenvalue weighted by molar-refractivity contribution is -0.121. The van der Waals surface area contributed by atoms with Gasteiger partial charge in [0.05, 0.1) is 11.4 Å². The number of para-hydroxylation sites is 2. The van der Waals surface area contributed by atoms with Crippen molar-refractivity contribution in [2.24, 2.45) is 0 Å². The molecule has 0 saturated carbocycles. The number of rotatable bonds is 4. The molecule has 0 bridgehead atoms. The molecule has 130 valence electrons. The average Bonchev–Trinajstić information content (AvgIpc) is 3.15. The summed E-state index contributed by atoms with van der Waals surface area (Å²) < 4.78 is 5.21. The Labute approximate surface area is 148 Å². The maximum Gasteiger partial charge on any atom is 0.244 e. The number of nitrogens with one attached hydrogen (secondary N) is 1. The summed E-state index contributed by atoms with van der Waals surface area (Å²) in [6, 6.07) is 10.8. The molecule has 4 rings (SSSR count). The van der Waals surface area contributed by atoms with Crippen LogP contribution >= 0.6 is 0 Å². The van der Waals surface area contributed by atoms with E-state index in [1.807, 2.05) is 18.2 Å². The van der Waals surface area contributed by atoms with Gasteiger partial charge in [-0.05, 0) is 24.3 Å². The lowest BCUT2D eigenvalue weighted by Crippen LogP contribution is -2.42. The summed E-state index contributed by atoms with van der Waals surface area (Å²) in [7, 11) is 0. The highest BCUT2D eigenvalue weighted by Crippen LogP contribution is 2.29. The largest absolute Gasteiger partial charge is 0.339 e. The van der Waals surface area contributed by atoms with Gasteiger partial charge >= 0.3 is 0 Å². The number of aryl methyl sites for hydroxylation is 1. The number of hydrogen-bond acceptors (Lipinski definition) is 6. The number of amides is 2. The maximum absolute atomic E-state index is 12.6. The smallest absolute Gasteiger partial charge is 0.244 e. The summed E-state index contributed by atoms with van der Waals surface area (Å²) in [6.45, 7) is 0.000610. The number of aromatic nitrogens is 3. The van der Waals surface area contributed by atoms with Gasteiger partial charge in [0.1, 0.15) is 6.54 Å². The SMILES string of the molecule is O=C1CN(C(=O)CCc2nc(-c3cccnc3)no2)c2ccccc2N1. The summed E-state index contributed by atoms with van der Waals surface area (Å²) in [4.78, 5) is 34.2. The van der Waals surface area contributed by atoms with Gasteiger partial charge in [0.25, 0.3) is 0 Å². The number of benzene rings is 1. The highest BCUT2D eigenvalue weighted by molar-refractivity contribution is 6.09. The normalized spacial score (nSPS) is 13.2. The van der Waals surface area contributed by atoms with E-state index in [2.05, 4.69) is 20.4 Å². The molecule has 3 aromatic rings. The standard InChI is InChI=1S/C18H15N5O3/c24-15-11-23(14-6-2-1-5-13(14)20-15)17(25)8-7-16-21-18(22-26-16)12-4-3-9-19-10-12/h1-6,9-10H,7-8,11H2,(H,20,24). The van der Waals surface area contributed by atoms with Crippen LogP contribution in [-0.2, 0) is 16.0 Å². The predicted octanol–water partition coefficient (Wildman–Crippen LogP) is 2.05. The van der Waals surface area contributed by atoms with E-state index in [1.54, 1.807) is 30.6 Å². The lowest BCUT2D eigenvalue weighted by atomic mass is 10.1. The second kappa shape index (κ2) is 6.75. The number of pyridine rings is 1. The molecular weight excluding hydrogens is 334 g/mol. The van der Waals surface area contributed by atoms with Crippen LogP contribution in [0, 0.1) is 0 Å². The Bertz CT molecular complexity index is 954. The van der Waals surface area contributed by atoms with Crippen LogP contribution in [-0.4, -0.2) is 33.5 Å². The van der Waals surface area contributed by atoms with Crippen molar-refractivity contribution in [2.45, 2.75) is 12.8 Å². The van der Waals surface area contributed by atoms with Crippen LogP contribution in [0.2, 0.25) is 0 Å². The summed E-state index contributed by atoms with van der Waals surface area (Å²) in [5.41, 5.74) is 2.07. The molecule has 1 aromatic carbocycles. The van der Waals surface area contributed by atoms with E-state index >= 15 is 0 Å². The Morgan fingerprint density at radius 2 is 2.12 bits per heavy atom. The van der Waals surface area contributed by atoms with Gasteiger partial charge in [-0.2, -0.15) is 4.98 Å². The van der Waals surface area contributed by atoms with Gasteiger partial charge in [-0.1, -0.05) is 17.3 Å². The highest BCUT2D eigenvalue weighted by Gasteiger charge is 2.26. The minimum atomic E-state index is -0.214. The van der Waals surface area contributed by atoms with Crippen molar-refractivity contribution < 1.29 is 14.1 Å². The Kier molecular flexibility index (Phi) is 4.14. The van der Waals surface area contributed by atoms with Crippen LogP contribution in [0.15, 0.2) is 53.3 Å². The van der Waals surface area contributed by atoms with Crippen LogP contribution in [0.1, 0.15) is 12.3 Å². The molecule has 0 atom stereocenters. The second-order valence-corrected chi connectivity index (χ2v) is 5.80. The van der Waals surface area contributed by atoms with Crippen molar-refractivity contribution >= 4 is 23.2 Å². The van der Waals surface area contributed by atoms with Crippen molar-refractivity contribution in [3.63, 3.8) is 0 Å². The molecule has 0 aliphatic carbocycles. The zero-order chi connectivity index (χ0) is 17.9. The van der Waals surface area contributed by atoms with E-state index in [0.29, 0.717) is 29.5 Å². The molecule has 0 saturated heterocycles. The van der Waals surface area contributed by atoms with Crippen LogP contribution < -0.4 is 10.2 Å². The second-order valence-electron chi connectivity index (χ2n) is 5.80. The first-order valence-electron chi connectivity index (χ1n) is 8.13. The Balaban J connectivity index is 1.45. The Morgan fingerprint density at radius 1 is 1.23 bits per heavy atom. The van der Waals surface area contributed by atoms with Crippen LogP contribution in [0.25, 0.3) is 11.4 Å². The van der Waals surface area contributed by atoms with E-state index in [4.69, 9.17) is 4.52 Å². The minimum absolute atomic E-state index is 0.000610. The Hall–Kier alpha value is -3.55. The third kappa shape index (κ3) is 3.16. The van der Waals surface area contributed by atoms with Gasteiger partial charge in [0.15, 0.2) is 0 Å². The number of hydrogen-bond donors (Lipinski definition) is 1. The first-order chi connectivity index (χ1) is 12.7. The van der Waals surface area contributed by atoms with E-state index in [0.717, 1.165) is 5.56 Å². The van der Waals surface area contributed by atoms with E-state index in [9.17, 15) is 9.59 Å². The quantitative estimate of drug-likeness (QED) is 0.773. The molecule has 0 radical (unpaired) electrons. The van der Waals surface area contributed by atoms with E-state index in [-0.39, 0.29) is 24.8 Å².